The lowest BCUT2D eigenvalue weighted by molar-refractivity contribution is -0.383. The first-order valence-corrected chi connectivity index (χ1v) is 6.45. The molecule has 1 aliphatic rings. The minimum absolute atomic E-state index is 0.00116. The van der Waals surface area contributed by atoms with Crippen molar-refractivity contribution in [3.05, 3.63) is 16.4 Å². The van der Waals surface area contributed by atoms with Gasteiger partial charge in [-0.15, -0.1) is 0 Å². The van der Waals surface area contributed by atoms with Crippen LogP contribution in [0.2, 0.25) is 0 Å². The summed E-state index contributed by atoms with van der Waals surface area (Å²) in [5.74, 6) is 0.795. The minimum Gasteiger partial charge on any atom is -0.357 e. The fourth-order valence-corrected chi connectivity index (χ4v) is 2.47. The van der Waals surface area contributed by atoms with Gasteiger partial charge in [0.15, 0.2) is 0 Å². The van der Waals surface area contributed by atoms with Crippen LogP contribution in [0.15, 0.2) is 6.33 Å². The standard InChI is InChI=1S/C12H19N5O2/c1-9-6-4-5-7-16(9)12-10(17(18)19)11(15(2)3)13-8-14-12/h8-9H,4-7H2,1-3H3. The number of nitro groups is 1. The molecule has 1 aromatic heterocycles. The fraction of sp³-hybridized carbons (Fsp3) is 0.667. The number of hydrogen-bond donors (Lipinski definition) is 0. The molecule has 19 heavy (non-hydrogen) atoms. The van der Waals surface area contributed by atoms with Crippen LogP contribution in [0.1, 0.15) is 26.2 Å². The zero-order chi connectivity index (χ0) is 14.0. The third kappa shape index (κ3) is 2.59. The molecule has 0 aliphatic carbocycles. The van der Waals surface area contributed by atoms with Crippen LogP contribution in [0.4, 0.5) is 17.3 Å². The van der Waals surface area contributed by atoms with E-state index in [2.05, 4.69) is 16.9 Å². The minimum atomic E-state index is -0.383. The van der Waals surface area contributed by atoms with Crippen molar-refractivity contribution in [2.45, 2.75) is 32.2 Å². The Kier molecular flexibility index (Phi) is 3.82. The van der Waals surface area contributed by atoms with E-state index in [1.165, 1.54) is 6.33 Å². The molecule has 0 radical (unpaired) electrons. The predicted octanol–water partition coefficient (Wildman–Crippen LogP) is 1.83. The van der Waals surface area contributed by atoms with E-state index in [4.69, 9.17) is 0 Å². The van der Waals surface area contributed by atoms with Crippen LogP contribution in [0.3, 0.4) is 0 Å². The Morgan fingerprint density at radius 2 is 2.16 bits per heavy atom. The van der Waals surface area contributed by atoms with Crippen LogP contribution in [-0.4, -0.2) is 41.6 Å². The van der Waals surface area contributed by atoms with Crippen molar-refractivity contribution in [2.75, 3.05) is 30.4 Å². The molecule has 0 bridgehead atoms. The van der Waals surface area contributed by atoms with Crippen molar-refractivity contribution in [1.82, 2.24) is 9.97 Å². The van der Waals surface area contributed by atoms with Crippen LogP contribution in [0.5, 0.6) is 0 Å². The van der Waals surface area contributed by atoms with Gasteiger partial charge < -0.3 is 9.80 Å². The van der Waals surface area contributed by atoms with E-state index in [1.807, 2.05) is 4.90 Å². The van der Waals surface area contributed by atoms with Gasteiger partial charge >= 0.3 is 5.69 Å². The molecule has 7 heteroatoms. The van der Waals surface area contributed by atoms with Crippen molar-refractivity contribution in [3.8, 4) is 0 Å². The van der Waals surface area contributed by atoms with E-state index in [-0.39, 0.29) is 16.7 Å². The zero-order valence-electron chi connectivity index (χ0n) is 11.5. The maximum absolute atomic E-state index is 11.4. The van der Waals surface area contributed by atoms with Gasteiger partial charge in [0.1, 0.15) is 6.33 Å². The molecule has 0 amide bonds. The molecular weight excluding hydrogens is 246 g/mol. The van der Waals surface area contributed by atoms with Gasteiger partial charge in [-0.1, -0.05) is 0 Å². The maximum Gasteiger partial charge on any atom is 0.353 e. The third-order valence-electron chi connectivity index (χ3n) is 3.46. The molecule has 1 atom stereocenters. The zero-order valence-corrected chi connectivity index (χ0v) is 11.5. The van der Waals surface area contributed by atoms with Gasteiger partial charge in [0.05, 0.1) is 4.92 Å². The van der Waals surface area contributed by atoms with E-state index in [0.717, 1.165) is 25.8 Å². The summed E-state index contributed by atoms with van der Waals surface area (Å²) < 4.78 is 0. The second-order valence-corrected chi connectivity index (χ2v) is 5.06. The number of anilines is 2. The molecule has 1 saturated heterocycles. The highest BCUT2D eigenvalue weighted by Gasteiger charge is 2.31. The molecule has 0 N–H and O–H groups in total. The number of aromatic nitrogens is 2. The molecule has 0 saturated carbocycles. The first-order chi connectivity index (χ1) is 9.02. The first kappa shape index (κ1) is 13.5. The summed E-state index contributed by atoms with van der Waals surface area (Å²) in [6.45, 7) is 2.90. The van der Waals surface area contributed by atoms with Gasteiger partial charge in [-0.3, -0.25) is 10.1 Å². The van der Waals surface area contributed by atoms with Crippen molar-refractivity contribution >= 4 is 17.3 Å². The Balaban J connectivity index is 2.49. The monoisotopic (exact) mass is 265 g/mol. The molecule has 2 rings (SSSR count). The number of hydrogen-bond acceptors (Lipinski definition) is 6. The van der Waals surface area contributed by atoms with Crippen LogP contribution < -0.4 is 9.80 Å². The smallest absolute Gasteiger partial charge is 0.353 e. The van der Waals surface area contributed by atoms with E-state index in [1.54, 1.807) is 19.0 Å². The lowest BCUT2D eigenvalue weighted by Gasteiger charge is -2.34. The van der Waals surface area contributed by atoms with Crippen LogP contribution in [0.25, 0.3) is 0 Å². The van der Waals surface area contributed by atoms with Gasteiger partial charge in [0.2, 0.25) is 11.6 Å². The second-order valence-electron chi connectivity index (χ2n) is 5.06. The summed E-state index contributed by atoms with van der Waals surface area (Å²) >= 11 is 0. The normalized spacial score (nSPS) is 19.3. The van der Waals surface area contributed by atoms with Crippen molar-refractivity contribution in [2.24, 2.45) is 0 Å². The van der Waals surface area contributed by atoms with Crippen LogP contribution in [0, 0.1) is 10.1 Å². The van der Waals surface area contributed by atoms with Gasteiger partial charge in [-0.05, 0) is 26.2 Å². The van der Waals surface area contributed by atoms with Crippen molar-refractivity contribution in [1.29, 1.82) is 0 Å². The first-order valence-electron chi connectivity index (χ1n) is 6.45. The highest BCUT2D eigenvalue weighted by atomic mass is 16.6. The number of rotatable bonds is 3. The molecular formula is C12H19N5O2. The van der Waals surface area contributed by atoms with E-state index in [0.29, 0.717) is 11.6 Å². The van der Waals surface area contributed by atoms with E-state index >= 15 is 0 Å². The molecule has 1 aliphatic heterocycles. The summed E-state index contributed by atoms with van der Waals surface area (Å²) in [5, 5.41) is 11.4. The highest BCUT2D eigenvalue weighted by Crippen LogP contribution is 2.35. The Hall–Kier alpha value is -1.92. The highest BCUT2D eigenvalue weighted by molar-refractivity contribution is 5.71. The quantitative estimate of drug-likeness (QED) is 0.613. The molecule has 2 heterocycles. The lowest BCUT2D eigenvalue weighted by atomic mass is 10.0. The Bertz CT molecular complexity index is 477. The SMILES string of the molecule is CC1CCCCN1c1ncnc(N(C)C)c1[N+](=O)[O-]. The third-order valence-corrected chi connectivity index (χ3v) is 3.46. The molecule has 7 nitrogen and oxygen atoms in total. The fourth-order valence-electron chi connectivity index (χ4n) is 2.47. The van der Waals surface area contributed by atoms with Gasteiger partial charge in [-0.2, -0.15) is 0 Å². The van der Waals surface area contributed by atoms with E-state index < -0.39 is 0 Å². The molecule has 1 fully saturated rings. The van der Waals surface area contributed by atoms with Gasteiger partial charge in [-0.25, -0.2) is 9.97 Å². The van der Waals surface area contributed by atoms with Gasteiger partial charge in [0, 0.05) is 26.7 Å². The summed E-state index contributed by atoms with van der Waals surface area (Å²) in [6, 6.07) is 0.275. The largest absolute Gasteiger partial charge is 0.357 e. The second kappa shape index (κ2) is 5.38. The summed E-state index contributed by atoms with van der Waals surface area (Å²) in [5.41, 5.74) is 0.00116. The van der Waals surface area contributed by atoms with E-state index in [9.17, 15) is 10.1 Å². The Morgan fingerprint density at radius 1 is 1.42 bits per heavy atom. The summed E-state index contributed by atoms with van der Waals surface area (Å²) in [4.78, 5) is 22.9. The number of nitrogens with zero attached hydrogens (tertiary/aromatic N) is 5. The average molecular weight is 265 g/mol. The van der Waals surface area contributed by atoms with Crippen molar-refractivity contribution in [3.63, 3.8) is 0 Å². The Morgan fingerprint density at radius 3 is 2.74 bits per heavy atom. The van der Waals surface area contributed by atoms with Crippen LogP contribution >= 0.6 is 0 Å². The molecule has 0 spiro atoms. The lowest BCUT2D eigenvalue weighted by Crippen LogP contribution is -2.38. The van der Waals surface area contributed by atoms with Gasteiger partial charge in [0.25, 0.3) is 0 Å². The summed E-state index contributed by atoms with van der Waals surface area (Å²) in [6.07, 6.45) is 4.65. The molecule has 0 aromatic carbocycles. The van der Waals surface area contributed by atoms with Crippen LogP contribution in [-0.2, 0) is 0 Å². The number of piperidine rings is 1. The topological polar surface area (TPSA) is 75.4 Å². The predicted molar refractivity (Wildman–Crippen MR) is 73.7 cm³/mol. The molecule has 1 unspecified atom stereocenters. The molecule has 1 aromatic rings. The summed E-state index contributed by atoms with van der Waals surface area (Å²) in [7, 11) is 3.50. The Labute approximate surface area is 112 Å². The van der Waals surface area contributed by atoms with Crippen molar-refractivity contribution < 1.29 is 4.92 Å². The molecule has 104 valence electrons. The maximum atomic E-state index is 11.4. The average Bonchev–Trinajstić information content (AvgIpc) is 2.38.